The second-order valence-corrected chi connectivity index (χ2v) is 7.47. The summed E-state index contributed by atoms with van der Waals surface area (Å²) in [6.45, 7) is 10.9. The highest BCUT2D eigenvalue weighted by atomic mass is 35.5. The lowest BCUT2D eigenvalue weighted by atomic mass is 9.75. The maximum absolute atomic E-state index is 6.37. The average molecular weight is 335 g/mol. The molecule has 0 saturated heterocycles. The molecule has 0 aromatic heterocycles. The lowest BCUT2D eigenvalue weighted by Crippen LogP contribution is -2.42. The minimum absolute atomic E-state index is 0.120. The molecule has 0 N–H and O–H groups in total. The molecular formula is C15H20Cl3N2+. The standard InChI is InChI=1S/C15H20Cl3N2/c1-6-15(5)9(2)14(3,4)19-20(15)13-11(17)7-10(16)8-12(13)18/h7-9H,6H2,1-5H3/q+1/t9-,15+/m0/s1. The van der Waals surface area contributed by atoms with Crippen molar-refractivity contribution in [3.63, 3.8) is 0 Å². The van der Waals surface area contributed by atoms with E-state index in [1.807, 2.05) is 4.70 Å². The van der Waals surface area contributed by atoms with Crippen LogP contribution in [0.4, 0.5) is 5.69 Å². The normalized spacial score (nSPS) is 28.6. The molecule has 2 atom stereocenters. The fraction of sp³-hybridized carbons (Fsp3) is 0.600. The van der Waals surface area contributed by atoms with Crippen molar-refractivity contribution in [3.05, 3.63) is 27.2 Å². The first-order chi connectivity index (χ1) is 9.13. The summed E-state index contributed by atoms with van der Waals surface area (Å²) in [4.78, 5) is 0. The van der Waals surface area contributed by atoms with Gasteiger partial charge in [-0.1, -0.05) is 53.3 Å². The third-order valence-corrected chi connectivity index (χ3v) is 5.54. The molecule has 1 aliphatic rings. The third kappa shape index (κ3) is 2.36. The van der Waals surface area contributed by atoms with Crippen molar-refractivity contribution < 1.29 is 4.70 Å². The predicted octanol–water partition coefficient (Wildman–Crippen LogP) is 6.34. The fourth-order valence-corrected chi connectivity index (χ4v) is 3.88. The Labute approximate surface area is 135 Å². The van der Waals surface area contributed by atoms with Crippen LogP contribution in [0.2, 0.25) is 15.1 Å². The highest BCUT2D eigenvalue weighted by Crippen LogP contribution is 2.49. The van der Waals surface area contributed by atoms with Gasteiger partial charge >= 0.3 is 0 Å². The molecule has 5 heteroatoms. The molecule has 0 spiro atoms. The molecule has 1 aromatic rings. The molecule has 1 aliphatic heterocycles. The summed E-state index contributed by atoms with van der Waals surface area (Å²) in [5.41, 5.74) is 0.473. The summed E-state index contributed by atoms with van der Waals surface area (Å²) < 4.78 is 2.00. The highest BCUT2D eigenvalue weighted by Gasteiger charge is 2.58. The third-order valence-electron chi connectivity index (χ3n) is 4.74. The van der Waals surface area contributed by atoms with Crippen molar-refractivity contribution >= 4 is 40.5 Å². The Bertz CT molecular complexity index is 557. The molecule has 110 valence electrons. The zero-order chi connectivity index (χ0) is 15.3. The molecule has 0 unspecified atom stereocenters. The second-order valence-electron chi connectivity index (χ2n) is 6.22. The number of hydrogen-bond acceptors (Lipinski definition) is 1. The predicted molar refractivity (Wildman–Crippen MR) is 85.8 cm³/mol. The Kier molecular flexibility index (Phi) is 4.14. The van der Waals surface area contributed by atoms with Crippen LogP contribution in [-0.4, -0.2) is 15.8 Å². The molecule has 0 amide bonds. The highest BCUT2D eigenvalue weighted by molar-refractivity contribution is 6.41. The van der Waals surface area contributed by atoms with Crippen LogP contribution in [0.1, 0.15) is 41.0 Å². The molecule has 0 radical (unpaired) electrons. The van der Waals surface area contributed by atoms with Crippen molar-refractivity contribution in [1.82, 2.24) is 0 Å². The van der Waals surface area contributed by atoms with Gasteiger partial charge in [0.15, 0.2) is 5.54 Å². The number of azo groups is 2. The van der Waals surface area contributed by atoms with Crippen LogP contribution in [0.3, 0.4) is 0 Å². The van der Waals surface area contributed by atoms with Crippen LogP contribution < -0.4 is 0 Å². The Morgan fingerprint density at radius 1 is 1.15 bits per heavy atom. The van der Waals surface area contributed by atoms with Crippen molar-refractivity contribution in [2.75, 3.05) is 0 Å². The molecule has 20 heavy (non-hydrogen) atoms. The number of rotatable bonds is 2. The van der Waals surface area contributed by atoms with Crippen LogP contribution in [0.25, 0.3) is 0 Å². The van der Waals surface area contributed by atoms with Gasteiger partial charge in [0.1, 0.15) is 15.6 Å². The maximum Gasteiger partial charge on any atom is 0.269 e. The van der Waals surface area contributed by atoms with E-state index in [1.165, 1.54) is 0 Å². The molecular weight excluding hydrogens is 315 g/mol. The number of benzene rings is 1. The van der Waals surface area contributed by atoms with E-state index in [0.717, 1.165) is 12.1 Å². The quantitative estimate of drug-likeness (QED) is 0.561. The van der Waals surface area contributed by atoms with Gasteiger partial charge in [-0.15, -0.1) is 0 Å². The lowest BCUT2D eigenvalue weighted by molar-refractivity contribution is -0.583. The van der Waals surface area contributed by atoms with E-state index in [-0.39, 0.29) is 11.1 Å². The lowest BCUT2D eigenvalue weighted by Gasteiger charge is -2.27. The van der Waals surface area contributed by atoms with Gasteiger partial charge in [-0.25, -0.2) is 0 Å². The average Bonchev–Trinajstić information content (AvgIpc) is 2.50. The Hall–Kier alpha value is -0.310. The number of hydrogen-bond donors (Lipinski definition) is 0. The largest absolute Gasteiger partial charge is 0.269 e. The first-order valence-electron chi connectivity index (χ1n) is 6.81. The molecule has 1 aromatic carbocycles. The van der Waals surface area contributed by atoms with Crippen molar-refractivity contribution in [2.24, 2.45) is 11.0 Å². The Morgan fingerprint density at radius 3 is 2.10 bits per heavy atom. The van der Waals surface area contributed by atoms with E-state index in [1.54, 1.807) is 12.1 Å². The topological polar surface area (TPSA) is 15.4 Å². The van der Waals surface area contributed by atoms with Gasteiger partial charge in [0.05, 0.1) is 5.92 Å². The van der Waals surface area contributed by atoms with E-state index < -0.39 is 0 Å². The fourth-order valence-electron chi connectivity index (χ4n) is 2.90. The summed E-state index contributed by atoms with van der Waals surface area (Å²) in [5.74, 6) is 0.378. The second kappa shape index (κ2) is 5.15. The first kappa shape index (κ1) is 16.1. The van der Waals surface area contributed by atoms with Gasteiger partial charge in [0.25, 0.3) is 5.69 Å². The summed E-state index contributed by atoms with van der Waals surface area (Å²) in [6, 6.07) is 3.43. The van der Waals surface area contributed by atoms with E-state index in [0.29, 0.717) is 21.0 Å². The summed E-state index contributed by atoms with van der Waals surface area (Å²) in [5, 5.41) is 6.48. The van der Waals surface area contributed by atoms with Crippen LogP contribution in [0.15, 0.2) is 17.2 Å². The van der Waals surface area contributed by atoms with Crippen molar-refractivity contribution in [3.8, 4) is 0 Å². The zero-order valence-corrected chi connectivity index (χ0v) is 14.7. The van der Waals surface area contributed by atoms with E-state index in [2.05, 4.69) is 34.6 Å². The molecule has 2 rings (SSSR count). The summed E-state index contributed by atoms with van der Waals surface area (Å²) in [6.07, 6.45) is 0.955. The number of halogens is 3. The van der Waals surface area contributed by atoms with Crippen LogP contribution in [0.5, 0.6) is 0 Å². The molecule has 0 saturated carbocycles. The molecule has 0 fully saturated rings. The zero-order valence-electron chi connectivity index (χ0n) is 12.5. The molecule has 1 heterocycles. The summed E-state index contributed by atoms with van der Waals surface area (Å²) in [7, 11) is 0. The Morgan fingerprint density at radius 2 is 1.65 bits per heavy atom. The Balaban J connectivity index is 2.68. The minimum atomic E-state index is -0.156. The van der Waals surface area contributed by atoms with Gasteiger partial charge in [-0.05, 0) is 31.1 Å². The summed E-state index contributed by atoms with van der Waals surface area (Å²) >= 11 is 18.7. The van der Waals surface area contributed by atoms with Gasteiger partial charge < -0.3 is 0 Å². The van der Waals surface area contributed by atoms with Crippen molar-refractivity contribution in [1.29, 1.82) is 0 Å². The van der Waals surface area contributed by atoms with Gasteiger partial charge in [0, 0.05) is 18.4 Å². The van der Waals surface area contributed by atoms with Gasteiger partial charge in [-0.3, -0.25) is 0 Å². The SMILES string of the molecule is CC[C@]1(C)[C@@H](C)C(C)(C)N=[N+]1c1c(Cl)cc(Cl)cc1Cl. The van der Waals surface area contributed by atoms with Crippen LogP contribution in [-0.2, 0) is 0 Å². The van der Waals surface area contributed by atoms with Gasteiger partial charge in [0.2, 0.25) is 0 Å². The first-order valence-corrected chi connectivity index (χ1v) is 7.94. The van der Waals surface area contributed by atoms with E-state index >= 15 is 0 Å². The molecule has 2 nitrogen and oxygen atoms in total. The van der Waals surface area contributed by atoms with Crippen molar-refractivity contribution in [2.45, 2.75) is 52.1 Å². The smallest absolute Gasteiger partial charge is 0.0842 e. The van der Waals surface area contributed by atoms with Crippen LogP contribution >= 0.6 is 34.8 Å². The van der Waals surface area contributed by atoms with Crippen LogP contribution in [0, 0.1) is 5.92 Å². The maximum atomic E-state index is 6.37. The number of nitrogens with zero attached hydrogens (tertiary/aromatic N) is 2. The minimum Gasteiger partial charge on any atom is -0.0842 e. The monoisotopic (exact) mass is 333 g/mol. The van der Waals surface area contributed by atoms with Gasteiger partial charge in [-0.2, -0.15) is 0 Å². The van der Waals surface area contributed by atoms with E-state index in [9.17, 15) is 0 Å². The molecule has 0 bridgehead atoms. The van der Waals surface area contributed by atoms with E-state index in [4.69, 9.17) is 39.9 Å². The molecule has 0 aliphatic carbocycles.